The molecule has 1 unspecified atom stereocenters. The highest BCUT2D eigenvalue weighted by Gasteiger charge is 2.42. The van der Waals surface area contributed by atoms with Crippen molar-refractivity contribution in [2.45, 2.75) is 26.1 Å². The van der Waals surface area contributed by atoms with Crippen molar-refractivity contribution in [2.75, 3.05) is 14.2 Å². The van der Waals surface area contributed by atoms with E-state index in [4.69, 9.17) is 9.47 Å². The van der Waals surface area contributed by atoms with E-state index in [-0.39, 0.29) is 11.7 Å². The minimum atomic E-state index is -0.700. The van der Waals surface area contributed by atoms with Gasteiger partial charge in [-0.15, -0.1) is 0 Å². The quantitative estimate of drug-likeness (QED) is 0.610. The van der Waals surface area contributed by atoms with Gasteiger partial charge in [0.25, 0.3) is 0 Å². The second kappa shape index (κ2) is 3.60. The summed E-state index contributed by atoms with van der Waals surface area (Å²) in [4.78, 5) is 11.2. The highest BCUT2D eigenvalue weighted by molar-refractivity contribution is 5.91. The Labute approximate surface area is 78.7 Å². The van der Waals surface area contributed by atoms with Crippen LogP contribution in [0.3, 0.4) is 0 Å². The van der Waals surface area contributed by atoms with Gasteiger partial charge in [-0.2, -0.15) is 0 Å². The van der Waals surface area contributed by atoms with Crippen LogP contribution < -0.4 is 0 Å². The topological polar surface area (TPSA) is 35.5 Å². The number of rotatable bonds is 2. The number of ether oxygens (including phenoxy) is 2. The zero-order valence-corrected chi connectivity index (χ0v) is 8.59. The maximum Gasteiger partial charge on any atom is 0.193 e. The molecular formula is C10H16O3. The number of ketones is 1. The fourth-order valence-electron chi connectivity index (χ4n) is 2.03. The molecule has 0 aromatic heterocycles. The number of allylic oxidation sites excluding steroid dienone is 1. The number of carbonyl (C=O) groups excluding carboxylic acids is 1. The van der Waals surface area contributed by atoms with Crippen LogP contribution in [0.5, 0.6) is 0 Å². The molecule has 0 N–H and O–H groups in total. The minimum Gasteiger partial charge on any atom is -0.349 e. The van der Waals surface area contributed by atoms with Crippen LogP contribution in [0, 0.1) is 5.92 Å². The Morgan fingerprint density at radius 3 is 2.38 bits per heavy atom. The predicted octanol–water partition coefficient (Wildman–Crippen LogP) is 1.53. The first-order valence-corrected chi connectivity index (χ1v) is 4.38. The van der Waals surface area contributed by atoms with Crippen molar-refractivity contribution in [1.82, 2.24) is 0 Å². The summed E-state index contributed by atoms with van der Waals surface area (Å²) < 4.78 is 10.7. The van der Waals surface area contributed by atoms with Gasteiger partial charge in [0.15, 0.2) is 11.6 Å². The normalized spacial score (nSPS) is 27.2. The average molecular weight is 184 g/mol. The molecule has 3 nitrogen and oxygen atoms in total. The van der Waals surface area contributed by atoms with Gasteiger partial charge in [-0.3, -0.25) is 4.79 Å². The van der Waals surface area contributed by atoms with Gasteiger partial charge in [-0.05, 0) is 18.6 Å². The van der Waals surface area contributed by atoms with Crippen molar-refractivity contribution < 1.29 is 14.3 Å². The van der Waals surface area contributed by atoms with Crippen LogP contribution >= 0.6 is 0 Å². The number of methoxy groups -OCH3 is 2. The fraction of sp³-hybridized carbons (Fsp3) is 0.700. The Morgan fingerprint density at radius 2 is 2.00 bits per heavy atom. The largest absolute Gasteiger partial charge is 0.349 e. The van der Waals surface area contributed by atoms with E-state index >= 15 is 0 Å². The van der Waals surface area contributed by atoms with Gasteiger partial charge in [0.05, 0.1) is 0 Å². The van der Waals surface area contributed by atoms with E-state index in [1.807, 2.05) is 13.8 Å². The first-order chi connectivity index (χ1) is 6.06. The van der Waals surface area contributed by atoms with E-state index in [0.29, 0.717) is 6.42 Å². The van der Waals surface area contributed by atoms with Gasteiger partial charge in [0.1, 0.15) is 0 Å². The molecule has 0 heterocycles. The summed E-state index contributed by atoms with van der Waals surface area (Å²) in [5.74, 6) is -0.483. The molecule has 0 saturated carbocycles. The van der Waals surface area contributed by atoms with Crippen molar-refractivity contribution >= 4 is 5.78 Å². The molecular weight excluding hydrogens is 168 g/mol. The Morgan fingerprint density at radius 1 is 1.46 bits per heavy atom. The van der Waals surface area contributed by atoms with E-state index in [1.165, 1.54) is 0 Å². The minimum absolute atomic E-state index is 0.0694. The maximum absolute atomic E-state index is 11.2. The monoisotopic (exact) mass is 184 g/mol. The molecule has 1 aliphatic rings. The van der Waals surface area contributed by atoms with E-state index in [9.17, 15) is 4.79 Å². The van der Waals surface area contributed by atoms with E-state index in [1.54, 1.807) is 20.3 Å². The van der Waals surface area contributed by atoms with E-state index < -0.39 is 5.79 Å². The van der Waals surface area contributed by atoms with Crippen LogP contribution in [0.25, 0.3) is 0 Å². The van der Waals surface area contributed by atoms with Crippen LogP contribution in [0.1, 0.15) is 20.3 Å². The summed E-state index contributed by atoms with van der Waals surface area (Å²) >= 11 is 0. The lowest BCUT2D eigenvalue weighted by Gasteiger charge is -2.39. The smallest absolute Gasteiger partial charge is 0.193 e. The van der Waals surface area contributed by atoms with Gasteiger partial charge >= 0.3 is 0 Å². The van der Waals surface area contributed by atoms with Crippen molar-refractivity contribution in [3.63, 3.8) is 0 Å². The standard InChI is InChI=1S/C10H16O3/c1-7-5-9(11)6-8(2)10(7,12-3)13-4/h5,8H,6H2,1-4H3. The fourth-order valence-corrected chi connectivity index (χ4v) is 2.03. The zero-order valence-electron chi connectivity index (χ0n) is 8.59. The maximum atomic E-state index is 11.2. The molecule has 0 aromatic rings. The van der Waals surface area contributed by atoms with Crippen molar-refractivity contribution in [3.05, 3.63) is 11.6 Å². The lowest BCUT2D eigenvalue weighted by atomic mass is 9.83. The summed E-state index contributed by atoms with van der Waals surface area (Å²) in [6, 6.07) is 0. The Kier molecular flexibility index (Phi) is 2.88. The number of hydrogen-bond donors (Lipinski definition) is 0. The van der Waals surface area contributed by atoms with Crippen LogP contribution in [0.2, 0.25) is 0 Å². The predicted molar refractivity (Wildman–Crippen MR) is 49.3 cm³/mol. The molecule has 0 spiro atoms. The molecule has 0 amide bonds. The summed E-state index contributed by atoms with van der Waals surface area (Å²) in [6.45, 7) is 3.82. The molecule has 74 valence electrons. The van der Waals surface area contributed by atoms with Crippen LogP contribution in [0.15, 0.2) is 11.6 Å². The average Bonchev–Trinajstić information content (AvgIpc) is 2.05. The third-order valence-electron chi connectivity index (χ3n) is 2.69. The molecule has 0 aromatic carbocycles. The molecule has 1 aliphatic carbocycles. The van der Waals surface area contributed by atoms with Gasteiger partial charge in [0.2, 0.25) is 0 Å². The lowest BCUT2D eigenvalue weighted by molar-refractivity contribution is -0.212. The SMILES string of the molecule is COC1(OC)C(C)=CC(=O)CC1C. The molecule has 0 fully saturated rings. The highest BCUT2D eigenvalue weighted by Crippen LogP contribution is 2.36. The number of hydrogen-bond acceptors (Lipinski definition) is 3. The molecule has 0 aliphatic heterocycles. The molecule has 1 rings (SSSR count). The third kappa shape index (κ3) is 1.54. The van der Waals surface area contributed by atoms with Crippen molar-refractivity contribution in [2.24, 2.45) is 5.92 Å². The Balaban J connectivity index is 3.06. The van der Waals surface area contributed by atoms with Gasteiger partial charge in [-0.25, -0.2) is 0 Å². The van der Waals surface area contributed by atoms with Crippen LogP contribution in [0.4, 0.5) is 0 Å². The van der Waals surface area contributed by atoms with Gasteiger partial charge < -0.3 is 9.47 Å². The molecule has 3 heteroatoms. The molecule has 13 heavy (non-hydrogen) atoms. The zero-order chi connectivity index (χ0) is 10.1. The van der Waals surface area contributed by atoms with E-state index in [0.717, 1.165) is 5.57 Å². The molecule has 1 atom stereocenters. The van der Waals surface area contributed by atoms with E-state index in [2.05, 4.69) is 0 Å². The molecule has 0 radical (unpaired) electrons. The summed E-state index contributed by atoms with van der Waals surface area (Å²) in [5.41, 5.74) is 0.848. The van der Waals surface area contributed by atoms with Crippen LogP contribution in [-0.2, 0) is 14.3 Å². The third-order valence-corrected chi connectivity index (χ3v) is 2.69. The highest BCUT2D eigenvalue weighted by atomic mass is 16.7. The number of carbonyl (C=O) groups is 1. The summed E-state index contributed by atoms with van der Waals surface area (Å²) in [7, 11) is 3.21. The van der Waals surface area contributed by atoms with Crippen molar-refractivity contribution in [3.8, 4) is 0 Å². The second-order valence-corrected chi connectivity index (χ2v) is 3.47. The molecule has 0 saturated heterocycles. The summed E-state index contributed by atoms with van der Waals surface area (Å²) in [5, 5.41) is 0. The van der Waals surface area contributed by atoms with Gasteiger partial charge in [-0.1, -0.05) is 6.92 Å². The molecule has 0 bridgehead atoms. The first-order valence-electron chi connectivity index (χ1n) is 4.38. The summed E-state index contributed by atoms with van der Waals surface area (Å²) in [6.07, 6.45) is 2.09. The lowest BCUT2D eigenvalue weighted by Crippen LogP contribution is -2.45. The Bertz CT molecular complexity index is 239. The van der Waals surface area contributed by atoms with Crippen molar-refractivity contribution in [1.29, 1.82) is 0 Å². The van der Waals surface area contributed by atoms with Crippen LogP contribution in [-0.4, -0.2) is 25.8 Å². The first kappa shape index (κ1) is 10.4. The van der Waals surface area contributed by atoms with Gasteiger partial charge in [0, 0.05) is 26.6 Å². The Hall–Kier alpha value is -0.670. The second-order valence-electron chi connectivity index (χ2n) is 3.47.